The maximum Gasteiger partial charge on any atom is 0.326 e. The predicted octanol–water partition coefficient (Wildman–Crippen LogP) is 11.5. The molecule has 4 N–H and O–H groups in total. The molecule has 0 aliphatic carbocycles. The fraction of sp³-hybridized carbons (Fsp3) is 0.881. The topological polar surface area (TPSA) is 119 Å². The molecule has 0 aliphatic rings. The lowest BCUT2D eigenvalue weighted by molar-refractivity contribution is -0.150. The van der Waals surface area contributed by atoms with Crippen LogP contribution in [0.2, 0.25) is 0 Å². The molecule has 0 spiro atoms. The molecule has 2 atom stereocenters. The molecule has 0 saturated carbocycles. The van der Waals surface area contributed by atoms with E-state index in [1.807, 2.05) is 0 Å². The van der Waals surface area contributed by atoms with Gasteiger partial charge in [-0.25, -0.2) is 4.79 Å². The summed E-state index contributed by atoms with van der Waals surface area (Å²) in [6.07, 6.45) is 39.6. The van der Waals surface area contributed by atoms with Crippen LogP contribution >= 0.6 is 0 Å². The Hall–Kier alpha value is -1.89. The molecule has 7 heteroatoms. The first-order chi connectivity index (χ1) is 23.9. The first kappa shape index (κ1) is 47.1. The fourth-order valence-electron chi connectivity index (χ4n) is 6.39. The lowest BCUT2D eigenvalue weighted by Crippen LogP contribution is -2.40. The smallest absolute Gasteiger partial charge is 0.326 e. The molecule has 0 bridgehead atoms. The van der Waals surface area contributed by atoms with E-state index in [1.165, 1.54) is 116 Å². The van der Waals surface area contributed by atoms with E-state index in [2.05, 4.69) is 31.3 Å². The number of allylic oxidation sites excluding steroid dienone is 2. The van der Waals surface area contributed by atoms with Crippen molar-refractivity contribution in [2.75, 3.05) is 6.54 Å². The molecule has 0 radical (unpaired) electrons. The third-order valence-corrected chi connectivity index (χ3v) is 9.58. The van der Waals surface area contributed by atoms with E-state index >= 15 is 0 Å². The molecule has 288 valence electrons. The Morgan fingerprint density at radius 3 is 1.51 bits per heavy atom. The minimum Gasteiger partial charge on any atom is -0.480 e. The predicted molar refractivity (Wildman–Crippen MR) is 207 cm³/mol. The highest BCUT2D eigenvalue weighted by Crippen LogP contribution is 2.19. The molecule has 0 saturated heterocycles. The zero-order chi connectivity index (χ0) is 36.0. The molecule has 0 aromatic heterocycles. The van der Waals surface area contributed by atoms with Crippen molar-refractivity contribution in [3.63, 3.8) is 0 Å². The summed E-state index contributed by atoms with van der Waals surface area (Å²) in [6.45, 7) is 4.93. The standard InChI is InChI=1S/C42H80N2O5/c1-3-5-7-9-11-13-15-17-19-21-26-30-36-41(46)49-38(32-27-23-20-18-16-14-12-10-8-6-4-2)33-28-24-22-25-29-35-40(45)44-39(42(47)48)34-31-37-43/h11,13,38-39H,3-10,12,14-37,43H2,1-2H3,(H,44,45)(H,47,48)/b13-11-. The van der Waals surface area contributed by atoms with Crippen LogP contribution in [0.5, 0.6) is 0 Å². The Bertz CT molecular complexity index is 787. The van der Waals surface area contributed by atoms with E-state index in [4.69, 9.17) is 10.5 Å². The maximum absolute atomic E-state index is 12.7. The molecule has 1 amide bonds. The molecule has 0 aromatic rings. The van der Waals surface area contributed by atoms with E-state index in [0.717, 1.165) is 64.2 Å². The Labute approximate surface area is 302 Å². The first-order valence-corrected chi connectivity index (χ1v) is 21.0. The number of hydrogen-bond acceptors (Lipinski definition) is 5. The molecule has 0 heterocycles. The Morgan fingerprint density at radius 2 is 1.00 bits per heavy atom. The Morgan fingerprint density at radius 1 is 0.571 bits per heavy atom. The lowest BCUT2D eigenvalue weighted by atomic mass is 10.0. The van der Waals surface area contributed by atoms with Crippen molar-refractivity contribution >= 4 is 17.8 Å². The molecule has 0 fully saturated rings. The van der Waals surface area contributed by atoms with Gasteiger partial charge in [0.1, 0.15) is 12.1 Å². The Balaban J connectivity index is 4.31. The highest BCUT2D eigenvalue weighted by molar-refractivity contribution is 5.83. The normalized spacial score (nSPS) is 12.7. The van der Waals surface area contributed by atoms with Crippen LogP contribution in [0.1, 0.15) is 219 Å². The molecule has 0 aliphatic heterocycles. The zero-order valence-corrected chi connectivity index (χ0v) is 32.3. The number of nitrogens with one attached hydrogen (secondary N) is 1. The van der Waals surface area contributed by atoms with Gasteiger partial charge in [0.15, 0.2) is 0 Å². The number of esters is 1. The van der Waals surface area contributed by atoms with Crippen molar-refractivity contribution in [3.05, 3.63) is 12.2 Å². The van der Waals surface area contributed by atoms with Crippen molar-refractivity contribution in [1.29, 1.82) is 0 Å². The van der Waals surface area contributed by atoms with Crippen molar-refractivity contribution in [1.82, 2.24) is 5.32 Å². The second kappa shape index (κ2) is 37.4. The van der Waals surface area contributed by atoms with Gasteiger partial charge in [0, 0.05) is 12.8 Å². The van der Waals surface area contributed by atoms with Gasteiger partial charge in [-0.3, -0.25) is 9.59 Å². The number of ether oxygens (including phenoxy) is 1. The summed E-state index contributed by atoms with van der Waals surface area (Å²) >= 11 is 0. The van der Waals surface area contributed by atoms with Gasteiger partial charge in [-0.15, -0.1) is 0 Å². The molecular weight excluding hydrogens is 612 g/mol. The van der Waals surface area contributed by atoms with E-state index in [1.54, 1.807) is 0 Å². The number of nitrogens with two attached hydrogens (primary N) is 1. The van der Waals surface area contributed by atoms with E-state index in [0.29, 0.717) is 32.2 Å². The second-order valence-corrected chi connectivity index (χ2v) is 14.4. The summed E-state index contributed by atoms with van der Waals surface area (Å²) in [5.74, 6) is -1.23. The molecule has 0 rings (SSSR count). The number of rotatable bonds is 38. The average Bonchev–Trinajstić information content (AvgIpc) is 3.08. The van der Waals surface area contributed by atoms with Gasteiger partial charge < -0.3 is 20.9 Å². The molecule has 7 nitrogen and oxygen atoms in total. The van der Waals surface area contributed by atoms with Gasteiger partial charge in [-0.05, 0) is 83.6 Å². The number of unbranched alkanes of at least 4 members (excludes halogenated alkanes) is 22. The number of carboxylic acid groups (broad SMARTS) is 1. The van der Waals surface area contributed by atoms with Crippen LogP contribution in [0, 0.1) is 0 Å². The number of carbonyl (C=O) groups is 3. The lowest BCUT2D eigenvalue weighted by Gasteiger charge is -2.18. The SMILES string of the molecule is CCCCC/C=C\CCCCCCCC(=O)OC(CCCCCCCCCCCCC)CCCCCCCC(=O)NC(CCCN)C(=O)O. The molecule has 49 heavy (non-hydrogen) atoms. The second-order valence-electron chi connectivity index (χ2n) is 14.4. The summed E-state index contributed by atoms with van der Waals surface area (Å²) in [5.41, 5.74) is 5.48. The highest BCUT2D eigenvalue weighted by Gasteiger charge is 2.19. The number of carbonyl (C=O) groups excluding carboxylic acids is 2. The van der Waals surface area contributed by atoms with E-state index < -0.39 is 12.0 Å². The van der Waals surface area contributed by atoms with Gasteiger partial charge in [-0.1, -0.05) is 142 Å². The summed E-state index contributed by atoms with van der Waals surface area (Å²) in [5, 5.41) is 11.9. The Kier molecular flexibility index (Phi) is 35.9. The van der Waals surface area contributed by atoms with Gasteiger partial charge >= 0.3 is 11.9 Å². The quantitative estimate of drug-likeness (QED) is 0.0337. The fourth-order valence-corrected chi connectivity index (χ4v) is 6.39. The summed E-state index contributed by atoms with van der Waals surface area (Å²) < 4.78 is 6.03. The summed E-state index contributed by atoms with van der Waals surface area (Å²) in [4.78, 5) is 36.3. The van der Waals surface area contributed by atoms with Crippen molar-refractivity contribution in [3.8, 4) is 0 Å². The number of carboxylic acids is 1. The first-order valence-electron chi connectivity index (χ1n) is 21.0. The monoisotopic (exact) mass is 693 g/mol. The third-order valence-electron chi connectivity index (χ3n) is 9.58. The number of hydrogen-bond donors (Lipinski definition) is 3. The number of amides is 1. The van der Waals surface area contributed by atoms with Crippen molar-refractivity contribution < 1.29 is 24.2 Å². The van der Waals surface area contributed by atoms with E-state index in [9.17, 15) is 19.5 Å². The minimum atomic E-state index is -1.00. The molecule has 0 aromatic carbocycles. The van der Waals surface area contributed by atoms with Crippen LogP contribution in [0.25, 0.3) is 0 Å². The van der Waals surface area contributed by atoms with Gasteiger partial charge in [0.2, 0.25) is 5.91 Å². The van der Waals surface area contributed by atoms with Crippen LogP contribution in [-0.2, 0) is 19.1 Å². The highest BCUT2D eigenvalue weighted by atomic mass is 16.5. The van der Waals surface area contributed by atoms with Gasteiger partial charge in [0.05, 0.1) is 0 Å². The summed E-state index contributed by atoms with van der Waals surface area (Å²) in [6, 6.07) is -0.853. The molecule has 2 unspecified atom stereocenters. The third kappa shape index (κ3) is 34.3. The van der Waals surface area contributed by atoms with Crippen molar-refractivity contribution in [2.24, 2.45) is 5.73 Å². The van der Waals surface area contributed by atoms with Crippen LogP contribution < -0.4 is 11.1 Å². The van der Waals surface area contributed by atoms with Crippen LogP contribution in [0.15, 0.2) is 12.2 Å². The van der Waals surface area contributed by atoms with Crippen LogP contribution in [0.3, 0.4) is 0 Å². The largest absolute Gasteiger partial charge is 0.480 e. The zero-order valence-electron chi connectivity index (χ0n) is 32.3. The van der Waals surface area contributed by atoms with Crippen LogP contribution in [-0.4, -0.2) is 41.6 Å². The van der Waals surface area contributed by atoms with Crippen molar-refractivity contribution in [2.45, 2.75) is 231 Å². The maximum atomic E-state index is 12.7. The van der Waals surface area contributed by atoms with Crippen LogP contribution in [0.4, 0.5) is 0 Å². The van der Waals surface area contributed by atoms with E-state index in [-0.39, 0.29) is 18.0 Å². The van der Waals surface area contributed by atoms with Gasteiger partial charge in [0.25, 0.3) is 0 Å². The number of aliphatic carboxylic acids is 1. The average molecular weight is 693 g/mol. The minimum absolute atomic E-state index is 0.0161. The summed E-state index contributed by atoms with van der Waals surface area (Å²) in [7, 11) is 0. The molecular formula is C42H80N2O5. The van der Waals surface area contributed by atoms with Gasteiger partial charge in [-0.2, -0.15) is 0 Å².